The highest BCUT2D eigenvalue weighted by Gasteiger charge is 2.56. The zero-order valence-corrected chi connectivity index (χ0v) is 29.6. The number of nitrogens with one attached hydrogen (secondary N) is 3. The Morgan fingerprint density at radius 2 is 1.37 bits per heavy atom. The quantitative estimate of drug-likeness (QED) is 0.125. The molecule has 2 aromatic heterocycles. The van der Waals surface area contributed by atoms with Crippen molar-refractivity contribution < 1.29 is 23.9 Å². The number of hydrogen-bond acceptors (Lipinski definition) is 7. The van der Waals surface area contributed by atoms with Crippen molar-refractivity contribution in [1.82, 2.24) is 15.0 Å². The number of pyridine rings is 1. The Morgan fingerprint density at radius 1 is 0.750 bits per heavy atom. The lowest BCUT2D eigenvalue weighted by atomic mass is 9.49. The van der Waals surface area contributed by atoms with Gasteiger partial charge < -0.3 is 25.1 Å². The Kier molecular flexibility index (Phi) is 7.31. The van der Waals surface area contributed by atoms with Crippen LogP contribution in [0.25, 0.3) is 22.4 Å². The van der Waals surface area contributed by atoms with Gasteiger partial charge in [0.15, 0.2) is 0 Å². The summed E-state index contributed by atoms with van der Waals surface area (Å²) in [7, 11) is 1.58. The van der Waals surface area contributed by atoms with Crippen molar-refractivity contribution in [3.8, 4) is 22.9 Å². The van der Waals surface area contributed by atoms with Crippen LogP contribution in [0.4, 0.5) is 11.5 Å². The fraction of sp³-hybridized carbons (Fsp3) is 0.500. The molecule has 3 N–H and O–H groups in total. The van der Waals surface area contributed by atoms with E-state index in [1.54, 1.807) is 49.7 Å². The molecule has 8 fully saturated rings. The molecule has 2 heterocycles. The lowest BCUT2D eigenvalue weighted by Crippen LogP contribution is -2.51. The Bertz CT molecular complexity index is 2040. The first-order chi connectivity index (χ1) is 25.2. The molecule has 8 aliphatic carbocycles. The van der Waals surface area contributed by atoms with E-state index in [0.29, 0.717) is 86.5 Å². The fourth-order valence-electron chi connectivity index (χ4n) is 12.3. The summed E-state index contributed by atoms with van der Waals surface area (Å²) in [6, 6.07) is 14.2. The van der Waals surface area contributed by atoms with Gasteiger partial charge in [0.05, 0.1) is 29.0 Å². The average Bonchev–Trinajstić information content (AvgIpc) is 3.54. The summed E-state index contributed by atoms with van der Waals surface area (Å²) in [5.41, 5.74) is 1.96. The van der Waals surface area contributed by atoms with Crippen molar-refractivity contribution in [3.05, 3.63) is 60.3 Å². The monoisotopic (exact) mass is 699 g/mol. The third kappa shape index (κ3) is 5.39. The number of fused-ring (bicyclic) bond motifs is 1. The molecule has 0 atom stereocenters. The van der Waals surface area contributed by atoms with E-state index in [2.05, 4.69) is 20.6 Å². The summed E-state index contributed by atoms with van der Waals surface area (Å²) in [5.74, 6) is 4.90. The van der Waals surface area contributed by atoms with Crippen LogP contribution in [0.5, 0.6) is 11.5 Å². The van der Waals surface area contributed by atoms with Gasteiger partial charge in [-0.1, -0.05) is 6.07 Å². The van der Waals surface area contributed by atoms with Crippen LogP contribution in [-0.4, -0.2) is 39.8 Å². The molecular formula is C42H45N5O5. The summed E-state index contributed by atoms with van der Waals surface area (Å²) in [6.45, 7) is 0. The highest BCUT2D eigenvalue weighted by Crippen LogP contribution is 2.62. The number of aromatic nitrogens is 3. The number of carbonyl (C=O) groups excluding carboxylic acids is 3. The number of methoxy groups -OCH3 is 1. The number of nitrogens with zero attached hydrogens (tertiary/aromatic N) is 2. The fourth-order valence-corrected chi connectivity index (χ4v) is 12.3. The number of esters is 1. The molecule has 12 rings (SSSR count). The van der Waals surface area contributed by atoms with E-state index < -0.39 is 5.41 Å². The first kappa shape index (κ1) is 32.0. The lowest BCUT2D eigenvalue weighted by molar-refractivity contribution is -0.161. The molecule has 8 aliphatic rings. The lowest BCUT2D eigenvalue weighted by Gasteiger charge is -2.55. The van der Waals surface area contributed by atoms with Gasteiger partial charge in [-0.15, -0.1) is 0 Å². The van der Waals surface area contributed by atoms with Crippen LogP contribution in [0.3, 0.4) is 0 Å². The molecule has 0 spiro atoms. The molecule has 0 radical (unpaired) electrons. The Labute approximate surface area is 302 Å². The largest absolute Gasteiger partial charge is 0.496 e. The number of rotatable bonds is 8. The van der Waals surface area contributed by atoms with Gasteiger partial charge >= 0.3 is 5.97 Å². The van der Waals surface area contributed by atoms with E-state index >= 15 is 0 Å². The van der Waals surface area contributed by atoms with Crippen LogP contribution in [0.15, 0.2) is 54.7 Å². The number of imidazole rings is 1. The van der Waals surface area contributed by atoms with E-state index in [4.69, 9.17) is 14.5 Å². The number of anilines is 2. The Morgan fingerprint density at radius 3 is 1.96 bits per heavy atom. The van der Waals surface area contributed by atoms with E-state index in [1.165, 1.54) is 38.5 Å². The van der Waals surface area contributed by atoms with Crippen LogP contribution in [0.2, 0.25) is 0 Å². The molecule has 10 nitrogen and oxygen atoms in total. The molecule has 2 amide bonds. The van der Waals surface area contributed by atoms with Gasteiger partial charge in [0, 0.05) is 29.6 Å². The van der Waals surface area contributed by atoms with Gasteiger partial charge in [-0.25, -0.2) is 9.97 Å². The highest BCUT2D eigenvalue weighted by molar-refractivity contribution is 6.05. The second-order valence-electron chi connectivity index (χ2n) is 17.3. The van der Waals surface area contributed by atoms with Gasteiger partial charge in [-0.3, -0.25) is 14.4 Å². The van der Waals surface area contributed by atoms with Crippen molar-refractivity contribution in [1.29, 1.82) is 0 Å². The topological polar surface area (TPSA) is 135 Å². The van der Waals surface area contributed by atoms with Crippen molar-refractivity contribution in [2.45, 2.75) is 77.0 Å². The predicted molar refractivity (Wildman–Crippen MR) is 196 cm³/mol. The number of hydrogen-bond donors (Lipinski definition) is 3. The molecule has 0 aliphatic heterocycles. The molecule has 8 bridgehead atoms. The summed E-state index contributed by atoms with van der Waals surface area (Å²) in [5, 5.41) is 6.11. The van der Waals surface area contributed by atoms with Gasteiger partial charge in [0.2, 0.25) is 5.91 Å². The maximum Gasteiger partial charge on any atom is 0.317 e. The molecular weight excluding hydrogens is 654 g/mol. The van der Waals surface area contributed by atoms with Crippen LogP contribution in [0.1, 0.15) is 87.4 Å². The van der Waals surface area contributed by atoms with Gasteiger partial charge in [-0.2, -0.15) is 0 Å². The van der Waals surface area contributed by atoms with Crippen molar-refractivity contribution in [2.75, 3.05) is 17.7 Å². The Balaban J connectivity index is 1.01. The number of ether oxygens (including phenoxy) is 2. The zero-order chi connectivity index (χ0) is 35.2. The maximum atomic E-state index is 14.4. The number of amides is 2. The molecule has 4 aromatic rings. The standard InChI is InChI=1S/C42H45N5O5/c1-51-33-15-30(44-39(49)41-17-23-8-24(18-41)10-25(9-23)19-41)16-34(52-40(50)42-20-26-11-27(21-42)13-28(12-26)22-42)36(33)37-45-31-6-5-29(14-32(31)46-37)38(48)47-35-4-2-3-7-43-35/h2-7,14-16,23-28H,8-13,17-22H2,1H3,(H,44,49)(H,45,46)(H,43,47,48). The van der Waals surface area contributed by atoms with Gasteiger partial charge in [0.1, 0.15) is 28.7 Å². The molecule has 52 heavy (non-hydrogen) atoms. The van der Waals surface area contributed by atoms with E-state index in [9.17, 15) is 14.4 Å². The van der Waals surface area contributed by atoms with Crippen LogP contribution in [0, 0.1) is 46.3 Å². The van der Waals surface area contributed by atoms with Gasteiger partial charge in [-0.05, 0) is 143 Å². The number of aromatic amines is 1. The minimum Gasteiger partial charge on any atom is -0.496 e. The van der Waals surface area contributed by atoms with Gasteiger partial charge in [0.25, 0.3) is 5.91 Å². The van der Waals surface area contributed by atoms with Crippen molar-refractivity contribution in [2.24, 2.45) is 46.3 Å². The molecule has 268 valence electrons. The number of carbonyl (C=O) groups is 3. The molecule has 0 unspecified atom stereocenters. The summed E-state index contributed by atoms with van der Waals surface area (Å²) in [6.07, 6.45) is 14.5. The predicted octanol–water partition coefficient (Wildman–Crippen LogP) is 8.16. The summed E-state index contributed by atoms with van der Waals surface area (Å²) in [4.78, 5) is 54.2. The zero-order valence-electron chi connectivity index (χ0n) is 29.6. The number of benzene rings is 2. The van der Waals surface area contributed by atoms with E-state index in [-0.39, 0.29) is 23.2 Å². The third-order valence-corrected chi connectivity index (χ3v) is 13.6. The average molecular weight is 700 g/mol. The molecule has 2 aromatic carbocycles. The highest BCUT2D eigenvalue weighted by atomic mass is 16.5. The maximum absolute atomic E-state index is 14.4. The van der Waals surface area contributed by atoms with Crippen molar-refractivity contribution >= 4 is 40.3 Å². The smallest absolute Gasteiger partial charge is 0.317 e. The summed E-state index contributed by atoms with van der Waals surface area (Å²) < 4.78 is 12.5. The first-order valence-electron chi connectivity index (χ1n) is 19.2. The minimum absolute atomic E-state index is 0.0695. The first-order valence-corrected chi connectivity index (χ1v) is 19.2. The van der Waals surface area contributed by atoms with Crippen LogP contribution >= 0.6 is 0 Å². The Hall–Kier alpha value is -4.73. The second kappa shape index (κ2) is 11.9. The van der Waals surface area contributed by atoms with E-state index in [1.807, 2.05) is 12.1 Å². The SMILES string of the molecule is COc1cc(NC(=O)C23CC4CC(CC(C4)C2)C3)cc(OC(=O)C23CC4CC(CC(C4)C2)C3)c1-c1nc2ccc(C(=O)Nc3ccccn3)cc2[nH]1. The van der Waals surface area contributed by atoms with Crippen LogP contribution in [-0.2, 0) is 9.59 Å². The second-order valence-corrected chi connectivity index (χ2v) is 17.3. The van der Waals surface area contributed by atoms with Crippen LogP contribution < -0.4 is 20.1 Å². The molecule has 8 saturated carbocycles. The third-order valence-electron chi connectivity index (χ3n) is 13.6. The van der Waals surface area contributed by atoms with E-state index in [0.717, 1.165) is 38.5 Å². The number of H-pyrrole nitrogens is 1. The minimum atomic E-state index is -0.485. The normalized spacial score (nSPS) is 32.2. The molecule has 0 saturated heterocycles. The summed E-state index contributed by atoms with van der Waals surface area (Å²) >= 11 is 0. The molecule has 10 heteroatoms. The van der Waals surface area contributed by atoms with Crippen molar-refractivity contribution in [3.63, 3.8) is 0 Å².